The standard InChI is InChI=1S/C18H21N5OS/c1-11-8-16(23-22-11)9-19-18(24)21-15-6-4-14(5-7-15)12(2)17-13(3)20-10-25-17/h4-8,10,12H,9H2,1-3H3,(H,22,23)(H2,19,21,24)/t12-/m0/s1. The zero-order valence-corrected chi connectivity index (χ0v) is 15.3. The van der Waals surface area contributed by atoms with Crippen molar-refractivity contribution in [2.75, 3.05) is 5.32 Å². The van der Waals surface area contributed by atoms with Crippen LogP contribution in [0.2, 0.25) is 0 Å². The van der Waals surface area contributed by atoms with Crippen molar-refractivity contribution in [3.8, 4) is 0 Å². The summed E-state index contributed by atoms with van der Waals surface area (Å²) in [5.74, 6) is 0.290. The lowest BCUT2D eigenvalue weighted by molar-refractivity contribution is 0.251. The van der Waals surface area contributed by atoms with Crippen LogP contribution < -0.4 is 10.6 Å². The molecule has 0 spiro atoms. The second kappa shape index (κ2) is 7.48. The number of carbonyl (C=O) groups is 1. The average molecular weight is 355 g/mol. The van der Waals surface area contributed by atoms with Crippen molar-refractivity contribution in [2.45, 2.75) is 33.2 Å². The SMILES string of the molecule is Cc1cc(CNC(=O)Nc2ccc([C@H](C)c3scnc3C)cc2)n[nH]1. The number of benzene rings is 1. The third kappa shape index (κ3) is 4.24. The van der Waals surface area contributed by atoms with Crippen LogP contribution in [-0.4, -0.2) is 21.2 Å². The van der Waals surface area contributed by atoms with Gasteiger partial charge in [0.25, 0.3) is 0 Å². The van der Waals surface area contributed by atoms with Crippen molar-refractivity contribution in [1.29, 1.82) is 0 Å². The van der Waals surface area contributed by atoms with Gasteiger partial charge in [-0.3, -0.25) is 5.10 Å². The maximum atomic E-state index is 12.0. The summed E-state index contributed by atoms with van der Waals surface area (Å²) in [4.78, 5) is 17.6. The van der Waals surface area contributed by atoms with Crippen molar-refractivity contribution in [1.82, 2.24) is 20.5 Å². The highest BCUT2D eigenvalue weighted by molar-refractivity contribution is 7.09. The molecule has 25 heavy (non-hydrogen) atoms. The van der Waals surface area contributed by atoms with Crippen LogP contribution in [0.25, 0.3) is 0 Å². The maximum Gasteiger partial charge on any atom is 0.319 e. The molecule has 2 aromatic heterocycles. The largest absolute Gasteiger partial charge is 0.332 e. The monoisotopic (exact) mass is 355 g/mol. The Hall–Kier alpha value is -2.67. The Kier molecular flexibility index (Phi) is 5.14. The van der Waals surface area contributed by atoms with Gasteiger partial charge in [0, 0.05) is 22.2 Å². The normalized spacial score (nSPS) is 12.0. The van der Waals surface area contributed by atoms with Gasteiger partial charge in [-0.05, 0) is 37.6 Å². The highest BCUT2D eigenvalue weighted by Gasteiger charge is 2.13. The number of anilines is 1. The fourth-order valence-electron chi connectivity index (χ4n) is 2.64. The predicted molar refractivity (Wildman–Crippen MR) is 100.0 cm³/mol. The third-order valence-corrected chi connectivity index (χ3v) is 5.15. The summed E-state index contributed by atoms with van der Waals surface area (Å²) in [6.07, 6.45) is 0. The summed E-state index contributed by atoms with van der Waals surface area (Å²) in [5.41, 5.74) is 6.68. The van der Waals surface area contributed by atoms with Crippen LogP contribution in [0.5, 0.6) is 0 Å². The number of aromatic nitrogens is 3. The van der Waals surface area contributed by atoms with Crippen LogP contribution in [0.4, 0.5) is 10.5 Å². The van der Waals surface area contributed by atoms with Gasteiger partial charge in [0.15, 0.2) is 0 Å². The molecule has 0 bridgehead atoms. The van der Waals surface area contributed by atoms with E-state index >= 15 is 0 Å². The number of aromatic amines is 1. The molecule has 0 unspecified atom stereocenters. The molecule has 7 heteroatoms. The van der Waals surface area contributed by atoms with Crippen molar-refractivity contribution in [3.63, 3.8) is 0 Å². The van der Waals surface area contributed by atoms with E-state index < -0.39 is 0 Å². The van der Waals surface area contributed by atoms with E-state index in [0.717, 1.165) is 22.8 Å². The fraction of sp³-hybridized carbons (Fsp3) is 0.278. The molecule has 3 N–H and O–H groups in total. The number of hydrogen-bond acceptors (Lipinski definition) is 4. The second-order valence-corrected chi connectivity index (χ2v) is 6.88. The molecular formula is C18H21N5OS. The van der Waals surface area contributed by atoms with Gasteiger partial charge in [0.2, 0.25) is 0 Å². The first-order valence-electron chi connectivity index (χ1n) is 8.08. The fourth-order valence-corrected chi connectivity index (χ4v) is 3.53. The Balaban J connectivity index is 1.57. The Morgan fingerprint density at radius 2 is 2.04 bits per heavy atom. The third-order valence-electron chi connectivity index (χ3n) is 4.03. The first-order chi connectivity index (χ1) is 12.0. The van der Waals surface area contributed by atoms with Crippen molar-refractivity contribution in [2.24, 2.45) is 0 Å². The first-order valence-corrected chi connectivity index (χ1v) is 8.96. The van der Waals surface area contributed by atoms with Crippen molar-refractivity contribution in [3.05, 3.63) is 63.4 Å². The van der Waals surface area contributed by atoms with E-state index in [1.807, 2.05) is 49.7 Å². The number of H-pyrrole nitrogens is 1. The van der Waals surface area contributed by atoms with Crippen molar-refractivity contribution >= 4 is 23.1 Å². The number of amides is 2. The van der Waals surface area contributed by atoms with E-state index in [0.29, 0.717) is 12.5 Å². The van der Waals surface area contributed by atoms with Gasteiger partial charge < -0.3 is 10.6 Å². The lowest BCUT2D eigenvalue weighted by Crippen LogP contribution is -2.28. The van der Waals surface area contributed by atoms with E-state index in [1.165, 1.54) is 10.4 Å². The lowest BCUT2D eigenvalue weighted by atomic mass is 9.98. The second-order valence-electron chi connectivity index (χ2n) is 6.00. The minimum atomic E-state index is -0.250. The van der Waals surface area contributed by atoms with E-state index in [9.17, 15) is 4.79 Å². The molecule has 2 amide bonds. The summed E-state index contributed by atoms with van der Waals surface area (Å²) >= 11 is 1.67. The van der Waals surface area contributed by atoms with Gasteiger partial charge in [0.1, 0.15) is 0 Å². The maximum absolute atomic E-state index is 12.0. The smallest absolute Gasteiger partial charge is 0.319 e. The molecule has 0 aliphatic carbocycles. The number of carbonyl (C=O) groups excluding carboxylic acids is 1. The van der Waals surface area contributed by atoms with E-state index in [4.69, 9.17) is 0 Å². The minimum absolute atomic E-state index is 0.250. The molecule has 0 radical (unpaired) electrons. The molecule has 0 aliphatic rings. The summed E-state index contributed by atoms with van der Waals surface area (Å²) < 4.78 is 0. The predicted octanol–water partition coefficient (Wildman–Crippen LogP) is 3.96. The minimum Gasteiger partial charge on any atom is -0.332 e. The molecule has 0 fully saturated rings. The Bertz CT molecular complexity index is 852. The number of urea groups is 1. The molecule has 6 nitrogen and oxygen atoms in total. The molecule has 1 atom stereocenters. The Morgan fingerprint density at radius 3 is 2.64 bits per heavy atom. The highest BCUT2D eigenvalue weighted by atomic mass is 32.1. The highest BCUT2D eigenvalue weighted by Crippen LogP contribution is 2.30. The van der Waals surface area contributed by atoms with E-state index in [2.05, 4.69) is 32.7 Å². The summed E-state index contributed by atoms with van der Waals surface area (Å²) in [5, 5.41) is 12.6. The van der Waals surface area contributed by atoms with Crippen LogP contribution >= 0.6 is 11.3 Å². The molecule has 130 valence electrons. The van der Waals surface area contributed by atoms with Gasteiger partial charge in [-0.2, -0.15) is 5.10 Å². The molecule has 3 aromatic rings. The molecule has 0 saturated heterocycles. The lowest BCUT2D eigenvalue weighted by Gasteiger charge is -2.12. The number of rotatable bonds is 5. The first kappa shape index (κ1) is 17.2. The quantitative estimate of drug-likeness (QED) is 0.648. The zero-order chi connectivity index (χ0) is 17.8. The number of nitrogens with one attached hydrogen (secondary N) is 3. The van der Waals surface area contributed by atoms with Gasteiger partial charge in [0.05, 0.1) is 23.4 Å². The van der Waals surface area contributed by atoms with E-state index in [1.54, 1.807) is 11.3 Å². The summed E-state index contributed by atoms with van der Waals surface area (Å²) in [6, 6.07) is 9.56. The zero-order valence-electron chi connectivity index (χ0n) is 14.5. The summed E-state index contributed by atoms with van der Waals surface area (Å²) in [6.45, 7) is 6.51. The number of aryl methyl sites for hydroxylation is 2. The van der Waals surface area contributed by atoms with Crippen LogP contribution in [0.15, 0.2) is 35.8 Å². The number of hydrogen-bond donors (Lipinski definition) is 3. The Labute approximate surface area is 150 Å². The van der Waals surface area contributed by atoms with Gasteiger partial charge >= 0.3 is 6.03 Å². The molecule has 2 heterocycles. The molecular weight excluding hydrogens is 334 g/mol. The van der Waals surface area contributed by atoms with Gasteiger partial charge in [-0.15, -0.1) is 11.3 Å². The number of thiazole rings is 1. The van der Waals surface area contributed by atoms with Crippen molar-refractivity contribution < 1.29 is 4.79 Å². The van der Waals surface area contributed by atoms with E-state index in [-0.39, 0.29) is 6.03 Å². The Morgan fingerprint density at radius 1 is 1.28 bits per heavy atom. The van der Waals surface area contributed by atoms with Crippen LogP contribution in [0, 0.1) is 13.8 Å². The molecule has 0 aliphatic heterocycles. The van der Waals surface area contributed by atoms with Crippen LogP contribution in [-0.2, 0) is 6.54 Å². The number of nitrogens with zero attached hydrogens (tertiary/aromatic N) is 2. The summed E-state index contributed by atoms with van der Waals surface area (Å²) in [7, 11) is 0. The van der Waals surface area contributed by atoms with Crippen LogP contribution in [0.3, 0.4) is 0 Å². The average Bonchev–Trinajstić information content (AvgIpc) is 3.21. The molecule has 3 rings (SSSR count). The molecule has 0 saturated carbocycles. The topological polar surface area (TPSA) is 82.7 Å². The van der Waals surface area contributed by atoms with Gasteiger partial charge in [-0.1, -0.05) is 19.1 Å². The van der Waals surface area contributed by atoms with Gasteiger partial charge in [-0.25, -0.2) is 9.78 Å². The molecule has 1 aromatic carbocycles. The van der Waals surface area contributed by atoms with Crippen LogP contribution in [0.1, 0.15) is 40.4 Å².